The highest BCUT2D eigenvalue weighted by atomic mass is 35.5. The Bertz CT molecular complexity index is 633. The van der Waals surface area contributed by atoms with E-state index in [0.29, 0.717) is 22.5 Å². The van der Waals surface area contributed by atoms with E-state index in [1.54, 1.807) is 0 Å². The molecule has 0 unspecified atom stereocenters. The summed E-state index contributed by atoms with van der Waals surface area (Å²) in [5.74, 6) is 1.90. The fourth-order valence-corrected chi connectivity index (χ4v) is 2.87. The predicted molar refractivity (Wildman–Crippen MR) is 73.6 cm³/mol. The van der Waals surface area contributed by atoms with Gasteiger partial charge in [-0.3, -0.25) is 0 Å². The van der Waals surface area contributed by atoms with Gasteiger partial charge in [-0.05, 0) is 31.6 Å². The van der Waals surface area contributed by atoms with Crippen molar-refractivity contribution in [3.05, 3.63) is 11.0 Å². The van der Waals surface area contributed by atoms with Crippen LogP contribution in [-0.4, -0.2) is 38.2 Å². The number of ether oxygens (including phenoxy) is 1. The molecule has 1 aliphatic heterocycles. The van der Waals surface area contributed by atoms with Crippen molar-refractivity contribution in [2.24, 2.45) is 5.92 Å². The van der Waals surface area contributed by atoms with Crippen molar-refractivity contribution in [1.29, 1.82) is 0 Å². The molecule has 4 rings (SSSR count). The number of fused-ring (bicyclic) bond motifs is 1. The molecule has 7 heteroatoms. The zero-order chi connectivity index (χ0) is 13.5. The van der Waals surface area contributed by atoms with Gasteiger partial charge in [-0.25, -0.2) is 14.6 Å². The number of hydrogen-bond acceptors (Lipinski definition) is 5. The molecule has 0 spiro atoms. The molecule has 0 N–H and O–H groups in total. The molecular formula is C13H16ClN5O. The SMILES string of the molecule is Clc1nc(C2CC2)nc2c1nnn2CC1CCOCC1. The molecule has 0 atom stereocenters. The summed E-state index contributed by atoms with van der Waals surface area (Å²) < 4.78 is 7.27. The second-order valence-corrected chi connectivity index (χ2v) is 6.00. The van der Waals surface area contributed by atoms with Gasteiger partial charge in [-0.15, -0.1) is 5.10 Å². The highest BCUT2D eigenvalue weighted by Crippen LogP contribution is 2.39. The Kier molecular flexibility index (Phi) is 3.07. The van der Waals surface area contributed by atoms with Gasteiger partial charge in [-0.1, -0.05) is 16.8 Å². The van der Waals surface area contributed by atoms with Crippen molar-refractivity contribution >= 4 is 22.8 Å². The lowest BCUT2D eigenvalue weighted by Crippen LogP contribution is -2.21. The highest BCUT2D eigenvalue weighted by Gasteiger charge is 2.28. The second-order valence-electron chi connectivity index (χ2n) is 5.65. The monoisotopic (exact) mass is 293 g/mol. The summed E-state index contributed by atoms with van der Waals surface area (Å²) in [6, 6.07) is 0. The minimum absolute atomic E-state index is 0.426. The van der Waals surface area contributed by atoms with Crippen molar-refractivity contribution in [3.63, 3.8) is 0 Å². The maximum absolute atomic E-state index is 6.20. The van der Waals surface area contributed by atoms with Gasteiger partial charge in [0, 0.05) is 25.7 Å². The molecule has 2 aromatic rings. The van der Waals surface area contributed by atoms with E-state index in [4.69, 9.17) is 16.3 Å². The molecule has 20 heavy (non-hydrogen) atoms. The van der Waals surface area contributed by atoms with E-state index < -0.39 is 0 Å². The zero-order valence-corrected chi connectivity index (χ0v) is 11.9. The van der Waals surface area contributed by atoms with Crippen molar-refractivity contribution < 1.29 is 4.74 Å². The number of nitrogens with zero attached hydrogens (tertiary/aromatic N) is 5. The van der Waals surface area contributed by atoms with Crippen LogP contribution >= 0.6 is 11.6 Å². The third-order valence-electron chi connectivity index (χ3n) is 4.05. The summed E-state index contributed by atoms with van der Waals surface area (Å²) in [7, 11) is 0. The van der Waals surface area contributed by atoms with Crippen LogP contribution in [0, 0.1) is 5.92 Å². The summed E-state index contributed by atoms with van der Waals surface area (Å²) in [6.45, 7) is 2.50. The first kappa shape index (κ1) is 12.5. The van der Waals surface area contributed by atoms with Crippen LogP contribution in [0.3, 0.4) is 0 Å². The van der Waals surface area contributed by atoms with E-state index in [0.717, 1.165) is 56.9 Å². The molecule has 2 aliphatic rings. The lowest BCUT2D eigenvalue weighted by Gasteiger charge is -2.21. The van der Waals surface area contributed by atoms with Crippen molar-refractivity contribution in [2.45, 2.75) is 38.1 Å². The Labute approximate surface area is 121 Å². The minimum Gasteiger partial charge on any atom is -0.381 e. The molecule has 0 aromatic carbocycles. The van der Waals surface area contributed by atoms with Gasteiger partial charge in [0.1, 0.15) is 5.82 Å². The highest BCUT2D eigenvalue weighted by molar-refractivity contribution is 6.33. The van der Waals surface area contributed by atoms with Crippen LogP contribution in [0.15, 0.2) is 0 Å². The molecule has 1 aliphatic carbocycles. The Morgan fingerprint density at radius 2 is 1.95 bits per heavy atom. The largest absolute Gasteiger partial charge is 0.381 e. The lowest BCUT2D eigenvalue weighted by molar-refractivity contribution is 0.0603. The average Bonchev–Trinajstić information content (AvgIpc) is 3.24. The molecule has 0 bridgehead atoms. The minimum atomic E-state index is 0.426. The van der Waals surface area contributed by atoms with Crippen LogP contribution in [0.4, 0.5) is 0 Å². The first-order valence-electron chi connectivity index (χ1n) is 7.15. The zero-order valence-electron chi connectivity index (χ0n) is 11.1. The quantitative estimate of drug-likeness (QED) is 0.812. The van der Waals surface area contributed by atoms with Crippen LogP contribution < -0.4 is 0 Å². The Balaban J connectivity index is 1.67. The average molecular weight is 294 g/mol. The Morgan fingerprint density at radius 3 is 2.70 bits per heavy atom. The standard InChI is InChI=1S/C13H16ClN5O/c14-11-10-13(16-12(15-11)9-1-2-9)19(18-17-10)7-8-3-5-20-6-4-8/h8-9H,1-7H2. The Hall–Kier alpha value is -1.27. The van der Waals surface area contributed by atoms with Crippen LogP contribution in [0.25, 0.3) is 11.2 Å². The van der Waals surface area contributed by atoms with Crippen LogP contribution in [-0.2, 0) is 11.3 Å². The molecule has 0 amide bonds. The maximum atomic E-state index is 6.20. The fraction of sp³-hybridized carbons (Fsp3) is 0.692. The number of aromatic nitrogens is 5. The fourth-order valence-electron chi connectivity index (χ4n) is 2.66. The maximum Gasteiger partial charge on any atom is 0.183 e. The molecule has 3 heterocycles. The molecule has 0 radical (unpaired) electrons. The van der Waals surface area contributed by atoms with Crippen LogP contribution in [0.5, 0.6) is 0 Å². The van der Waals surface area contributed by atoms with Crippen LogP contribution in [0.1, 0.15) is 37.4 Å². The van der Waals surface area contributed by atoms with E-state index in [1.165, 1.54) is 0 Å². The molecular weight excluding hydrogens is 278 g/mol. The first-order chi connectivity index (χ1) is 9.81. The predicted octanol–water partition coefficient (Wildman–Crippen LogP) is 2.18. The summed E-state index contributed by atoms with van der Waals surface area (Å²) >= 11 is 6.20. The molecule has 6 nitrogen and oxygen atoms in total. The van der Waals surface area contributed by atoms with E-state index in [9.17, 15) is 0 Å². The van der Waals surface area contributed by atoms with E-state index in [1.807, 2.05) is 4.68 Å². The van der Waals surface area contributed by atoms with Gasteiger partial charge in [0.05, 0.1) is 0 Å². The molecule has 106 valence electrons. The number of hydrogen-bond donors (Lipinski definition) is 0. The van der Waals surface area contributed by atoms with E-state index in [-0.39, 0.29) is 0 Å². The number of halogens is 1. The molecule has 2 aromatic heterocycles. The smallest absolute Gasteiger partial charge is 0.183 e. The molecule has 1 saturated carbocycles. The van der Waals surface area contributed by atoms with Gasteiger partial charge in [-0.2, -0.15) is 0 Å². The summed E-state index contributed by atoms with van der Waals surface area (Å²) in [6.07, 6.45) is 4.44. The lowest BCUT2D eigenvalue weighted by atomic mass is 10.0. The van der Waals surface area contributed by atoms with Crippen molar-refractivity contribution in [2.75, 3.05) is 13.2 Å². The van der Waals surface area contributed by atoms with E-state index in [2.05, 4.69) is 20.3 Å². The van der Waals surface area contributed by atoms with Gasteiger partial charge in [0.15, 0.2) is 16.3 Å². The van der Waals surface area contributed by atoms with Gasteiger partial charge >= 0.3 is 0 Å². The Morgan fingerprint density at radius 1 is 1.15 bits per heavy atom. The first-order valence-corrected chi connectivity index (χ1v) is 7.53. The second kappa shape index (κ2) is 4.93. The van der Waals surface area contributed by atoms with Crippen molar-refractivity contribution in [1.82, 2.24) is 25.0 Å². The number of rotatable bonds is 3. The topological polar surface area (TPSA) is 65.7 Å². The summed E-state index contributed by atoms with van der Waals surface area (Å²) in [5, 5.41) is 8.77. The third kappa shape index (κ3) is 2.27. The third-order valence-corrected chi connectivity index (χ3v) is 4.32. The summed E-state index contributed by atoms with van der Waals surface area (Å²) in [4.78, 5) is 8.98. The normalized spacial score (nSPS) is 20.6. The molecule has 2 fully saturated rings. The van der Waals surface area contributed by atoms with E-state index >= 15 is 0 Å². The summed E-state index contributed by atoms with van der Waals surface area (Å²) in [5.41, 5.74) is 1.39. The van der Waals surface area contributed by atoms with Gasteiger partial charge < -0.3 is 4.74 Å². The van der Waals surface area contributed by atoms with Gasteiger partial charge in [0.25, 0.3) is 0 Å². The molecule has 1 saturated heterocycles. The van der Waals surface area contributed by atoms with Gasteiger partial charge in [0.2, 0.25) is 0 Å². The van der Waals surface area contributed by atoms with Crippen LogP contribution in [0.2, 0.25) is 5.15 Å². The van der Waals surface area contributed by atoms with Crippen molar-refractivity contribution in [3.8, 4) is 0 Å².